The molecule has 0 bridgehead atoms. The SMILES string of the molecule is CCCCOc1ccc(CCCN2CCN(C)CC2)cc1[N+](=O)[O-]. The average molecular weight is 335 g/mol. The third-order valence-corrected chi connectivity index (χ3v) is 4.51. The maximum Gasteiger partial charge on any atom is 0.311 e. The van der Waals surface area contributed by atoms with E-state index in [0.29, 0.717) is 12.4 Å². The van der Waals surface area contributed by atoms with Gasteiger partial charge in [-0.05, 0) is 44.5 Å². The fraction of sp³-hybridized carbons (Fsp3) is 0.667. The van der Waals surface area contributed by atoms with E-state index in [1.165, 1.54) is 0 Å². The van der Waals surface area contributed by atoms with Gasteiger partial charge in [0.15, 0.2) is 5.75 Å². The van der Waals surface area contributed by atoms with Crippen molar-refractivity contribution in [3.8, 4) is 5.75 Å². The summed E-state index contributed by atoms with van der Waals surface area (Å²) in [6.07, 6.45) is 3.81. The van der Waals surface area contributed by atoms with Crippen molar-refractivity contribution in [3.63, 3.8) is 0 Å². The molecule has 0 radical (unpaired) electrons. The van der Waals surface area contributed by atoms with Gasteiger partial charge < -0.3 is 14.5 Å². The van der Waals surface area contributed by atoms with Crippen molar-refractivity contribution in [2.75, 3.05) is 46.4 Å². The van der Waals surface area contributed by atoms with Gasteiger partial charge in [-0.15, -0.1) is 0 Å². The molecule has 1 fully saturated rings. The van der Waals surface area contributed by atoms with Crippen molar-refractivity contribution in [2.45, 2.75) is 32.6 Å². The standard InChI is InChI=1S/C18H29N3O3/c1-3-4-14-24-18-8-7-16(15-17(18)21(22)23)6-5-9-20-12-10-19(2)11-13-20/h7-8,15H,3-6,9-14H2,1-2H3. The van der Waals surface area contributed by atoms with E-state index >= 15 is 0 Å². The molecule has 0 unspecified atom stereocenters. The van der Waals surface area contributed by atoms with Gasteiger partial charge in [-0.1, -0.05) is 19.4 Å². The second kappa shape index (κ2) is 9.59. The predicted molar refractivity (Wildman–Crippen MR) is 95.8 cm³/mol. The first-order valence-corrected chi connectivity index (χ1v) is 8.91. The van der Waals surface area contributed by atoms with Crippen molar-refractivity contribution in [1.82, 2.24) is 9.80 Å². The molecule has 24 heavy (non-hydrogen) atoms. The Bertz CT molecular complexity index is 528. The van der Waals surface area contributed by atoms with Crippen LogP contribution in [0.15, 0.2) is 18.2 Å². The van der Waals surface area contributed by atoms with Crippen LogP contribution in [0.5, 0.6) is 5.75 Å². The predicted octanol–water partition coefficient (Wildman–Crippen LogP) is 2.95. The zero-order valence-corrected chi connectivity index (χ0v) is 14.9. The Balaban J connectivity index is 1.86. The lowest BCUT2D eigenvalue weighted by atomic mass is 10.1. The number of rotatable bonds is 9. The largest absolute Gasteiger partial charge is 0.487 e. The van der Waals surface area contributed by atoms with E-state index in [9.17, 15) is 10.1 Å². The Morgan fingerprint density at radius 3 is 2.62 bits per heavy atom. The van der Waals surface area contributed by atoms with Crippen LogP contribution in [0.4, 0.5) is 5.69 Å². The molecule has 0 spiro atoms. The molecule has 1 saturated heterocycles. The maximum atomic E-state index is 11.3. The van der Waals surface area contributed by atoms with Gasteiger partial charge in [0.05, 0.1) is 11.5 Å². The Hall–Kier alpha value is -1.66. The highest BCUT2D eigenvalue weighted by Gasteiger charge is 2.17. The number of hydrogen-bond donors (Lipinski definition) is 0. The summed E-state index contributed by atoms with van der Waals surface area (Å²) >= 11 is 0. The van der Waals surface area contributed by atoms with Gasteiger partial charge >= 0.3 is 5.69 Å². The molecule has 1 aliphatic heterocycles. The molecular formula is C18H29N3O3. The number of nitrogens with zero attached hydrogens (tertiary/aromatic N) is 3. The fourth-order valence-electron chi connectivity index (χ4n) is 2.89. The van der Waals surface area contributed by atoms with Crippen LogP contribution in [0.2, 0.25) is 0 Å². The topological polar surface area (TPSA) is 58.8 Å². The number of ether oxygens (including phenoxy) is 1. The molecule has 0 atom stereocenters. The number of nitro groups is 1. The van der Waals surface area contributed by atoms with Crippen LogP contribution in [0, 0.1) is 10.1 Å². The molecule has 2 rings (SSSR count). The second-order valence-corrected chi connectivity index (χ2v) is 6.51. The lowest BCUT2D eigenvalue weighted by molar-refractivity contribution is -0.385. The number of hydrogen-bond acceptors (Lipinski definition) is 5. The number of benzene rings is 1. The zero-order valence-electron chi connectivity index (χ0n) is 14.9. The summed E-state index contributed by atoms with van der Waals surface area (Å²) in [6, 6.07) is 5.38. The van der Waals surface area contributed by atoms with E-state index in [0.717, 1.165) is 64.0 Å². The monoisotopic (exact) mass is 335 g/mol. The highest BCUT2D eigenvalue weighted by molar-refractivity contribution is 5.48. The normalized spacial score (nSPS) is 16.2. The summed E-state index contributed by atoms with van der Waals surface area (Å²) in [5, 5.41) is 11.3. The van der Waals surface area contributed by atoms with Gasteiger partial charge in [-0.3, -0.25) is 10.1 Å². The van der Waals surface area contributed by atoms with E-state index < -0.39 is 0 Å². The van der Waals surface area contributed by atoms with E-state index in [1.807, 2.05) is 6.07 Å². The van der Waals surface area contributed by atoms with Crippen LogP contribution in [0.1, 0.15) is 31.7 Å². The maximum absolute atomic E-state index is 11.3. The molecule has 1 aromatic rings. The number of nitro benzene ring substituents is 1. The van der Waals surface area contributed by atoms with Gasteiger partial charge in [-0.25, -0.2) is 0 Å². The number of piperazine rings is 1. The van der Waals surface area contributed by atoms with Gasteiger partial charge in [0, 0.05) is 32.2 Å². The minimum atomic E-state index is -0.342. The number of likely N-dealkylation sites (N-methyl/N-ethyl adjacent to an activating group) is 1. The quantitative estimate of drug-likeness (QED) is 0.394. The molecule has 0 saturated carbocycles. The van der Waals surface area contributed by atoms with Crippen molar-refractivity contribution in [2.24, 2.45) is 0 Å². The van der Waals surface area contributed by atoms with Crippen LogP contribution >= 0.6 is 0 Å². The van der Waals surface area contributed by atoms with E-state index in [-0.39, 0.29) is 10.6 Å². The average Bonchev–Trinajstić information content (AvgIpc) is 2.57. The Morgan fingerprint density at radius 2 is 1.96 bits per heavy atom. The minimum absolute atomic E-state index is 0.0863. The lowest BCUT2D eigenvalue weighted by Crippen LogP contribution is -2.44. The molecule has 0 N–H and O–H groups in total. The first kappa shape index (κ1) is 18.7. The molecule has 0 aliphatic carbocycles. The van der Waals surface area contributed by atoms with Gasteiger partial charge in [0.2, 0.25) is 0 Å². The molecule has 1 aromatic carbocycles. The highest BCUT2D eigenvalue weighted by atomic mass is 16.6. The van der Waals surface area contributed by atoms with Crippen molar-refractivity contribution in [3.05, 3.63) is 33.9 Å². The molecule has 134 valence electrons. The van der Waals surface area contributed by atoms with E-state index in [4.69, 9.17) is 4.74 Å². The van der Waals surface area contributed by atoms with Crippen LogP contribution in [0.25, 0.3) is 0 Å². The summed E-state index contributed by atoms with van der Waals surface area (Å²) in [7, 11) is 2.15. The molecule has 0 amide bonds. The Kier molecular flexibility index (Phi) is 7.46. The van der Waals surface area contributed by atoms with Crippen molar-refractivity contribution in [1.29, 1.82) is 0 Å². The number of unbranched alkanes of at least 4 members (excludes halogenated alkanes) is 1. The summed E-state index contributed by atoms with van der Waals surface area (Å²) in [5.41, 5.74) is 1.10. The third-order valence-electron chi connectivity index (χ3n) is 4.51. The molecule has 0 aromatic heterocycles. The first-order valence-electron chi connectivity index (χ1n) is 8.91. The van der Waals surface area contributed by atoms with Crippen molar-refractivity contribution < 1.29 is 9.66 Å². The first-order chi connectivity index (χ1) is 11.6. The van der Waals surface area contributed by atoms with Crippen molar-refractivity contribution >= 4 is 5.69 Å². The smallest absolute Gasteiger partial charge is 0.311 e. The Labute approximate surface area is 144 Å². The van der Waals surface area contributed by atoms with Gasteiger partial charge in [0.25, 0.3) is 0 Å². The van der Waals surface area contributed by atoms with Crippen LogP contribution in [0.3, 0.4) is 0 Å². The summed E-state index contributed by atoms with van der Waals surface area (Å²) in [6.45, 7) is 8.12. The Morgan fingerprint density at radius 1 is 1.21 bits per heavy atom. The van der Waals surface area contributed by atoms with E-state index in [2.05, 4.69) is 23.8 Å². The third kappa shape index (κ3) is 5.76. The van der Waals surface area contributed by atoms with Gasteiger partial charge in [0.1, 0.15) is 0 Å². The molecule has 6 heteroatoms. The van der Waals surface area contributed by atoms with Gasteiger partial charge in [-0.2, -0.15) is 0 Å². The molecule has 1 aliphatic rings. The van der Waals surface area contributed by atoms with E-state index in [1.54, 1.807) is 12.1 Å². The molecule has 6 nitrogen and oxygen atoms in total. The number of aryl methyl sites for hydroxylation is 1. The zero-order chi connectivity index (χ0) is 17.4. The minimum Gasteiger partial charge on any atom is -0.487 e. The second-order valence-electron chi connectivity index (χ2n) is 6.51. The summed E-state index contributed by atoms with van der Waals surface area (Å²) < 4.78 is 5.55. The summed E-state index contributed by atoms with van der Waals surface area (Å²) in [4.78, 5) is 15.7. The van der Waals surface area contributed by atoms with Crippen LogP contribution in [-0.2, 0) is 6.42 Å². The molecular weight excluding hydrogens is 306 g/mol. The fourth-order valence-corrected chi connectivity index (χ4v) is 2.89. The highest BCUT2D eigenvalue weighted by Crippen LogP contribution is 2.28. The van der Waals surface area contributed by atoms with Crippen LogP contribution in [-0.4, -0.2) is 61.1 Å². The molecule has 1 heterocycles. The summed E-state index contributed by atoms with van der Waals surface area (Å²) in [5.74, 6) is 0.385. The lowest BCUT2D eigenvalue weighted by Gasteiger charge is -2.32. The van der Waals surface area contributed by atoms with Crippen LogP contribution < -0.4 is 4.74 Å².